The summed E-state index contributed by atoms with van der Waals surface area (Å²) in [6.45, 7) is 1.02. The largest absolute Gasteiger partial charge is 0.497 e. The van der Waals surface area contributed by atoms with E-state index in [-0.39, 0.29) is 6.42 Å². The molecule has 1 aromatic rings. The Balaban J connectivity index is 2.54. The molecule has 0 aliphatic carbocycles. The molecular formula is C12H17NO4. The van der Waals surface area contributed by atoms with Gasteiger partial charge in [-0.2, -0.15) is 0 Å². The van der Waals surface area contributed by atoms with Gasteiger partial charge in [-0.1, -0.05) is 0 Å². The molecule has 0 amide bonds. The molecule has 0 aliphatic rings. The van der Waals surface area contributed by atoms with Crippen LogP contribution in [-0.4, -0.2) is 31.8 Å². The first-order valence-electron chi connectivity index (χ1n) is 5.30. The number of carboxylic acids is 1. The van der Waals surface area contributed by atoms with E-state index in [9.17, 15) is 4.79 Å². The number of methoxy groups -OCH3 is 2. The number of carboxylic acid groups (broad SMARTS) is 1. The fourth-order valence-corrected chi connectivity index (χ4v) is 1.40. The van der Waals surface area contributed by atoms with Crippen molar-refractivity contribution >= 4 is 5.97 Å². The molecule has 1 rings (SSSR count). The molecule has 0 aromatic heterocycles. The Morgan fingerprint density at radius 3 is 2.29 bits per heavy atom. The van der Waals surface area contributed by atoms with E-state index < -0.39 is 5.97 Å². The first kappa shape index (κ1) is 13.3. The van der Waals surface area contributed by atoms with Crippen LogP contribution >= 0.6 is 0 Å². The molecule has 0 fully saturated rings. The second-order valence-electron chi connectivity index (χ2n) is 3.54. The summed E-state index contributed by atoms with van der Waals surface area (Å²) in [5.41, 5.74) is 0.992. The number of aliphatic carboxylic acids is 1. The molecule has 0 bridgehead atoms. The van der Waals surface area contributed by atoms with Crippen LogP contribution in [0.5, 0.6) is 11.5 Å². The molecule has 5 nitrogen and oxygen atoms in total. The van der Waals surface area contributed by atoms with Crippen LogP contribution < -0.4 is 14.8 Å². The number of hydrogen-bond acceptors (Lipinski definition) is 4. The third-order valence-corrected chi connectivity index (χ3v) is 2.26. The molecule has 0 saturated carbocycles. The zero-order chi connectivity index (χ0) is 12.7. The smallest absolute Gasteiger partial charge is 0.304 e. The third kappa shape index (κ3) is 4.74. The van der Waals surface area contributed by atoms with Crippen LogP contribution in [0.3, 0.4) is 0 Å². The number of rotatable bonds is 7. The summed E-state index contributed by atoms with van der Waals surface area (Å²) < 4.78 is 10.3. The molecule has 5 heteroatoms. The number of nitrogens with one attached hydrogen (secondary N) is 1. The first-order valence-corrected chi connectivity index (χ1v) is 5.30. The maximum absolute atomic E-state index is 10.3. The van der Waals surface area contributed by atoms with E-state index in [1.807, 2.05) is 12.1 Å². The third-order valence-electron chi connectivity index (χ3n) is 2.26. The minimum Gasteiger partial charge on any atom is -0.497 e. The van der Waals surface area contributed by atoms with E-state index >= 15 is 0 Å². The highest BCUT2D eigenvalue weighted by Gasteiger charge is 2.02. The highest BCUT2D eigenvalue weighted by atomic mass is 16.5. The van der Waals surface area contributed by atoms with Gasteiger partial charge in [-0.3, -0.25) is 4.79 Å². The molecule has 2 N–H and O–H groups in total. The lowest BCUT2D eigenvalue weighted by Gasteiger charge is -2.09. The van der Waals surface area contributed by atoms with Gasteiger partial charge in [0, 0.05) is 19.2 Å². The Morgan fingerprint density at radius 1 is 1.24 bits per heavy atom. The summed E-state index contributed by atoms with van der Waals surface area (Å²) in [6.07, 6.45) is 0.112. The minimum absolute atomic E-state index is 0.112. The van der Waals surface area contributed by atoms with Crippen LogP contribution in [0.2, 0.25) is 0 Å². The number of carbonyl (C=O) groups is 1. The zero-order valence-electron chi connectivity index (χ0n) is 10.0. The Labute approximate surface area is 100 Å². The maximum atomic E-state index is 10.3. The van der Waals surface area contributed by atoms with Crippen molar-refractivity contribution in [2.45, 2.75) is 13.0 Å². The molecule has 0 aliphatic heterocycles. The van der Waals surface area contributed by atoms with Gasteiger partial charge in [-0.25, -0.2) is 0 Å². The first-order chi connectivity index (χ1) is 8.15. The lowest BCUT2D eigenvalue weighted by atomic mass is 10.2. The lowest BCUT2D eigenvalue weighted by Crippen LogP contribution is -2.17. The summed E-state index contributed by atoms with van der Waals surface area (Å²) in [5.74, 6) is 0.638. The van der Waals surface area contributed by atoms with E-state index in [0.717, 1.165) is 17.1 Å². The molecule has 0 heterocycles. The summed E-state index contributed by atoms with van der Waals surface area (Å²) in [7, 11) is 3.19. The van der Waals surface area contributed by atoms with Crippen molar-refractivity contribution in [1.82, 2.24) is 5.32 Å². The van der Waals surface area contributed by atoms with Gasteiger partial charge in [-0.15, -0.1) is 0 Å². The van der Waals surface area contributed by atoms with Gasteiger partial charge < -0.3 is 19.9 Å². The summed E-state index contributed by atoms with van der Waals surface area (Å²) in [4.78, 5) is 10.3. The Morgan fingerprint density at radius 2 is 1.82 bits per heavy atom. The monoisotopic (exact) mass is 239 g/mol. The molecule has 0 spiro atoms. The summed E-state index contributed by atoms with van der Waals surface area (Å²) in [6, 6.07) is 5.56. The SMILES string of the molecule is COc1cc(CNCCC(=O)O)cc(OC)c1. The van der Waals surface area contributed by atoms with Crippen molar-refractivity contribution in [2.24, 2.45) is 0 Å². The second-order valence-corrected chi connectivity index (χ2v) is 3.54. The van der Waals surface area contributed by atoms with E-state index in [4.69, 9.17) is 14.6 Å². The summed E-state index contributed by atoms with van der Waals surface area (Å²) in [5, 5.41) is 11.5. The van der Waals surface area contributed by atoms with Crippen LogP contribution in [0.1, 0.15) is 12.0 Å². The van der Waals surface area contributed by atoms with Crippen molar-refractivity contribution in [3.8, 4) is 11.5 Å². The van der Waals surface area contributed by atoms with E-state index in [1.54, 1.807) is 20.3 Å². The van der Waals surface area contributed by atoms with Gasteiger partial charge in [0.1, 0.15) is 11.5 Å². The van der Waals surface area contributed by atoms with Crippen molar-refractivity contribution < 1.29 is 19.4 Å². The van der Waals surface area contributed by atoms with Crippen LogP contribution in [0, 0.1) is 0 Å². The van der Waals surface area contributed by atoms with Gasteiger partial charge in [0.25, 0.3) is 0 Å². The van der Waals surface area contributed by atoms with Crippen LogP contribution in [0.25, 0.3) is 0 Å². The summed E-state index contributed by atoms with van der Waals surface area (Å²) >= 11 is 0. The van der Waals surface area contributed by atoms with E-state index in [2.05, 4.69) is 5.32 Å². The van der Waals surface area contributed by atoms with Crippen molar-refractivity contribution in [1.29, 1.82) is 0 Å². The van der Waals surface area contributed by atoms with Crippen molar-refractivity contribution in [3.05, 3.63) is 23.8 Å². The second kappa shape index (κ2) is 6.75. The quantitative estimate of drug-likeness (QED) is 0.701. The molecule has 0 radical (unpaired) electrons. The molecule has 0 atom stereocenters. The standard InChI is InChI=1S/C12H17NO4/c1-16-10-5-9(6-11(7-10)17-2)8-13-4-3-12(14)15/h5-7,13H,3-4,8H2,1-2H3,(H,14,15). The maximum Gasteiger partial charge on any atom is 0.304 e. The van der Waals surface area contributed by atoms with Crippen LogP contribution in [0.15, 0.2) is 18.2 Å². The number of ether oxygens (including phenoxy) is 2. The van der Waals surface area contributed by atoms with Gasteiger partial charge in [-0.05, 0) is 17.7 Å². The predicted octanol–water partition coefficient (Wildman–Crippen LogP) is 1.27. The molecule has 0 saturated heterocycles. The highest BCUT2D eigenvalue weighted by Crippen LogP contribution is 2.22. The number of hydrogen-bond donors (Lipinski definition) is 2. The zero-order valence-corrected chi connectivity index (χ0v) is 10.0. The average Bonchev–Trinajstić information content (AvgIpc) is 2.34. The lowest BCUT2D eigenvalue weighted by molar-refractivity contribution is -0.136. The van der Waals surface area contributed by atoms with Gasteiger partial charge in [0.05, 0.1) is 20.6 Å². The fraction of sp³-hybridized carbons (Fsp3) is 0.417. The van der Waals surface area contributed by atoms with Gasteiger partial charge in [0.15, 0.2) is 0 Å². The Kier molecular flexibility index (Phi) is 5.29. The van der Waals surface area contributed by atoms with Crippen molar-refractivity contribution in [2.75, 3.05) is 20.8 Å². The van der Waals surface area contributed by atoms with Crippen LogP contribution in [-0.2, 0) is 11.3 Å². The molecule has 1 aromatic carbocycles. The van der Waals surface area contributed by atoms with E-state index in [1.165, 1.54) is 0 Å². The molecule has 0 unspecified atom stereocenters. The Bertz CT molecular complexity index is 357. The minimum atomic E-state index is -0.805. The molecular weight excluding hydrogens is 222 g/mol. The average molecular weight is 239 g/mol. The number of benzene rings is 1. The van der Waals surface area contributed by atoms with Crippen LogP contribution in [0.4, 0.5) is 0 Å². The van der Waals surface area contributed by atoms with Gasteiger partial charge >= 0.3 is 5.97 Å². The predicted molar refractivity (Wildman–Crippen MR) is 63.5 cm³/mol. The highest BCUT2D eigenvalue weighted by molar-refractivity contribution is 5.66. The molecule has 94 valence electrons. The van der Waals surface area contributed by atoms with Crippen molar-refractivity contribution in [3.63, 3.8) is 0 Å². The normalized spacial score (nSPS) is 10.0. The fourth-order valence-electron chi connectivity index (χ4n) is 1.40. The Hall–Kier alpha value is -1.75. The van der Waals surface area contributed by atoms with Gasteiger partial charge in [0.2, 0.25) is 0 Å². The van der Waals surface area contributed by atoms with E-state index in [0.29, 0.717) is 13.1 Å². The molecule has 17 heavy (non-hydrogen) atoms. The topological polar surface area (TPSA) is 67.8 Å².